The van der Waals surface area contributed by atoms with Crippen LogP contribution in [0.5, 0.6) is 0 Å². The van der Waals surface area contributed by atoms with Gasteiger partial charge in [0.25, 0.3) is 0 Å². The largest absolute Gasteiger partial charge is 0.302 e. The molecule has 11 heavy (non-hydrogen) atoms. The molecule has 2 nitrogen and oxygen atoms in total. The molecular weight excluding hydrogens is 251 g/mol. The Bertz CT molecular complexity index is 303. The fraction of sp³-hybridized carbons (Fsp3) is 0. The third-order valence-corrected chi connectivity index (χ3v) is 2.98. The van der Waals surface area contributed by atoms with Gasteiger partial charge in [0.15, 0.2) is 11.1 Å². The highest BCUT2D eigenvalue weighted by Gasteiger charge is 2.05. The first-order valence-corrected chi connectivity index (χ1v) is 4.95. The predicted octanol–water partition coefficient (Wildman–Crippen LogP) is 2.68. The van der Waals surface area contributed by atoms with E-state index in [1.54, 1.807) is 12.1 Å². The summed E-state index contributed by atoms with van der Waals surface area (Å²) in [6.45, 7) is 0. The lowest BCUT2D eigenvalue weighted by Crippen LogP contribution is -1.88. The SMILES string of the molecule is O=S(O)c1cc(Cl)ccc1Br. The van der Waals surface area contributed by atoms with Crippen LogP contribution >= 0.6 is 27.5 Å². The van der Waals surface area contributed by atoms with E-state index in [2.05, 4.69) is 15.9 Å². The summed E-state index contributed by atoms with van der Waals surface area (Å²) in [4.78, 5) is 0.289. The molecule has 0 saturated heterocycles. The molecule has 1 aromatic carbocycles. The zero-order valence-corrected chi connectivity index (χ0v) is 8.41. The van der Waals surface area contributed by atoms with Crippen molar-refractivity contribution in [3.05, 3.63) is 27.7 Å². The first-order chi connectivity index (χ1) is 5.11. The summed E-state index contributed by atoms with van der Waals surface area (Å²) in [7, 11) is 0. The maximum absolute atomic E-state index is 10.6. The van der Waals surface area contributed by atoms with Gasteiger partial charge in [0, 0.05) is 9.50 Å². The van der Waals surface area contributed by atoms with E-state index in [0.29, 0.717) is 9.50 Å². The average Bonchev–Trinajstić information content (AvgIpc) is 1.94. The number of benzene rings is 1. The topological polar surface area (TPSA) is 37.3 Å². The molecule has 1 N–H and O–H groups in total. The average molecular weight is 256 g/mol. The van der Waals surface area contributed by atoms with Crippen molar-refractivity contribution in [3.8, 4) is 0 Å². The molecule has 5 heteroatoms. The summed E-state index contributed by atoms with van der Waals surface area (Å²) < 4.78 is 19.9. The minimum Gasteiger partial charge on any atom is -0.302 e. The van der Waals surface area contributed by atoms with Gasteiger partial charge in [-0.1, -0.05) is 11.6 Å². The highest BCUT2D eigenvalue weighted by atomic mass is 79.9. The van der Waals surface area contributed by atoms with E-state index in [-0.39, 0.29) is 4.90 Å². The second kappa shape index (κ2) is 3.67. The van der Waals surface area contributed by atoms with Gasteiger partial charge in [-0.05, 0) is 34.1 Å². The van der Waals surface area contributed by atoms with Crippen molar-refractivity contribution in [2.45, 2.75) is 4.90 Å². The van der Waals surface area contributed by atoms with E-state index in [0.717, 1.165) is 0 Å². The fourth-order valence-corrected chi connectivity index (χ4v) is 1.97. The predicted molar refractivity (Wildman–Crippen MR) is 48.2 cm³/mol. The molecule has 1 aromatic rings. The summed E-state index contributed by atoms with van der Waals surface area (Å²) in [5.74, 6) is 0. The van der Waals surface area contributed by atoms with Gasteiger partial charge >= 0.3 is 0 Å². The maximum Gasteiger partial charge on any atom is 0.187 e. The Hall–Kier alpha value is 0.1000. The van der Waals surface area contributed by atoms with Crippen LogP contribution < -0.4 is 0 Å². The van der Waals surface area contributed by atoms with Gasteiger partial charge in [-0.15, -0.1) is 0 Å². The second-order valence-electron chi connectivity index (χ2n) is 1.82. The van der Waals surface area contributed by atoms with Crippen molar-refractivity contribution in [3.63, 3.8) is 0 Å². The molecular formula is C6H4BrClO2S. The summed E-state index contributed by atoms with van der Waals surface area (Å²) >= 11 is 6.73. The van der Waals surface area contributed by atoms with E-state index in [4.69, 9.17) is 16.2 Å². The molecule has 0 fully saturated rings. The molecule has 0 aromatic heterocycles. The lowest BCUT2D eigenvalue weighted by atomic mass is 10.4. The molecule has 0 radical (unpaired) electrons. The van der Waals surface area contributed by atoms with Crippen LogP contribution in [-0.4, -0.2) is 8.76 Å². The molecule has 0 heterocycles. The highest BCUT2D eigenvalue weighted by molar-refractivity contribution is 9.10. The summed E-state index contributed by atoms with van der Waals surface area (Å²) in [6.07, 6.45) is 0. The first-order valence-electron chi connectivity index (χ1n) is 2.67. The van der Waals surface area contributed by atoms with Crippen LogP contribution in [0.2, 0.25) is 5.02 Å². The monoisotopic (exact) mass is 254 g/mol. The molecule has 1 atom stereocenters. The van der Waals surface area contributed by atoms with Crippen molar-refractivity contribution < 1.29 is 8.76 Å². The Morgan fingerprint density at radius 2 is 2.18 bits per heavy atom. The van der Waals surface area contributed by atoms with Crippen molar-refractivity contribution in [1.82, 2.24) is 0 Å². The van der Waals surface area contributed by atoms with Crippen molar-refractivity contribution in [2.75, 3.05) is 0 Å². The quantitative estimate of drug-likeness (QED) is 0.784. The fourth-order valence-electron chi connectivity index (χ4n) is 0.611. The van der Waals surface area contributed by atoms with Gasteiger partial charge in [-0.3, -0.25) is 0 Å². The first kappa shape index (κ1) is 9.19. The highest BCUT2D eigenvalue weighted by Crippen LogP contribution is 2.23. The van der Waals surface area contributed by atoms with Crippen LogP contribution in [0, 0.1) is 0 Å². The Morgan fingerprint density at radius 3 is 2.64 bits per heavy atom. The lowest BCUT2D eigenvalue weighted by Gasteiger charge is -1.98. The number of rotatable bonds is 1. The third kappa shape index (κ3) is 2.27. The molecule has 0 amide bonds. The Balaban J connectivity index is 3.23. The number of hydrogen-bond acceptors (Lipinski definition) is 1. The molecule has 0 aliphatic heterocycles. The van der Waals surface area contributed by atoms with Gasteiger partial charge in [0.1, 0.15) is 0 Å². The summed E-state index contributed by atoms with van der Waals surface area (Å²) in [6, 6.07) is 4.72. The van der Waals surface area contributed by atoms with Gasteiger partial charge in [0.2, 0.25) is 0 Å². The number of halogens is 2. The summed E-state index contributed by atoms with van der Waals surface area (Å²) in [5.41, 5.74) is 0. The molecule has 1 rings (SSSR count). The lowest BCUT2D eigenvalue weighted by molar-refractivity contribution is 0.564. The van der Waals surface area contributed by atoms with E-state index in [9.17, 15) is 4.21 Å². The molecule has 0 spiro atoms. The minimum atomic E-state index is -1.98. The van der Waals surface area contributed by atoms with Crippen LogP contribution in [0.3, 0.4) is 0 Å². The molecule has 1 unspecified atom stereocenters. The van der Waals surface area contributed by atoms with Gasteiger partial charge in [0.05, 0.1) is 4.90 Å². The standard InChI is InChI=1S/C6H4BrClO2S/c7-5-2-1-4(8)3-6(5)11(9)10/h1-3H,(H,9,10). The molecule has 0 aliphatic carbocycles. The van der Waals surface area contributed by atoms with E-state index in [1.807, 2.05) is 0 Å². The zero-order valence-electron chi connectivity index (χ0n) is 5.25. The van der Waals surface area contributed by atoms with Crippen LogP contribution in [0.4, 0.5) is 0 Å². The van der Waals surface area contributed by atoms with Gasteiger partial charge < -0.3 is 4.55 Å². The molecule has 0 aliphatic rings. The van der Waals surface area contributed by atoms with E-state index < -0.39 is 11.1 Å². The maximum atomic E-state index is 10.6. The van der Waals surface area contributed by atoms with Crippen molar-refractivity contribution >= 4 is 38.6 Å². The van der Waals surface area contributed by atoms with Gasteiger partial charge in [-0.25, -0.2) is 4.21 Å². The Labute approximate surface area is 80.0 Å². The van der Waals surface area contributed by atoms with Gasteiger partial charge in [-0.2, -0.15) is 0 Å². The minimum absolute atomic E-state index is 0.289. The second-order valence-corrected chi connectivity index (χ2v) is 4.05. The molecule has 0 bridgehead atoms. The Kier molecular flexibility index (Phi) is 3.06. The zero-order chi connectivity index (χ0) is 8.43. The van der Waals surface area contributed by atoms with Crippen LogP contribution in [0.25, 0.3) is 0 Å². The smallest absolute Gasteiger partial charge is 0.187 e. The summed E-state index contributed by atoms with van der Waals surface area (Å²) in [5, 5.41) is 0.450. The van der Waals surface area contributed by atoms with E-state index in [1.165, 1.54) is 6.07 Å². The van der Waals surface area contributed by atoms with Crippen LogP contribution in [0.15, 0.2) is 27.6 Å². The van der Waals surface area contributed by atoms with Crippen molar-refractivity contribution in [2.24, 2.45) is 0 Å². The molecule has 0 saturated carbocycles. The van der Waals surface area contributed by atoms with E-state index >= 15 is 0 Å². The number of hydrogen-bond donors (Lipinski definition) is 1. The third-order valence-electron chi connectivity index (χ3n) is 1.08. The molecule has 60 valence electrons. The van der Waals surface area contributed by atoms with Crippen molar-refractivity contribution in [1.29, 1.82) is 0 Å². The van der Waals surface area contributed by atoms with Crippen LogP contribution in [0.1, 0.15) is 0 Å². The normalized spacial score (nSPS) is 13.0. The Morgan fingerprint density at radius 1 is 1.55 bits per heavy atom. The van der Waals surface area contributed by atoms with Crippen LogP contribution in [-0.2, 0) is 11.1 Å².